The Kier molecular flexibility index (Phi) is 13.3. The van der Waals surface area contributed by atoms with Gasteiger partial charge in [-0.25, -0.2) is 0 Å². The average molecular weight is 707 g/mol. The Bertz CT molecular complexity index is 1820. The highest BCUT2D eigenvalue weighted by Crippen LogP contribution is 2.19. The Hall–Kier alpha value is -6.24. The molecule has 270 valence electrons. The largest absolute Gasteiger partial charge is 0.508 e. The minimum atomic E-state index is -1.32. The predicted octanol–water partition coefficient (Wildman–Crippen LogP) is 1.99. The van der Waals surface area contributed by atoms with Crippen LogP contribution in [0.1, 0.15) is 40.0 Å². The van der Waals surface area contributed by atoms with E-state index in [1.54, 1.807) is 48.7 Å². The van der Waals surface area contributed by atoms with Gasteiger partial charge in [-0.2, -0.15) is 0 Å². The number of nitrogens with zero attached hydrogens (tertiary/aromatic N) is 1. The van der Waals surface area contributed by atoms with Crippen molar-refractivity contribution in [3.05, 3.63) is 126 Å². The highest BCUT2D eigenvalue weighted by atomic mass is 16.5. The number of rotatable bonds is 8. The molecule has 0 spiro atoms. The quantitative estimate of drug-likeness (QED) is 0.161. The number of phenolic OH excluding ortho intramolecular Hbond substituents is 1. The van der Waals surface area contributed by atoms with Gasteiger partial charge in [-0.05, 0) is 53.9 Å². The molecule has 2 heterocycles. The fourth-order valence-corrected chi connectivity index (χ4v) is 5.64. The summed E-state index contributed by atoms with van der Waals surface area (Å²) in [7, 11) is 0. The molecule has 13 heteroatoms. The lowest BCUT2D eigenvalue weighted by Gasteiger charge is -2.25. The molecule has 6 N–H and O–H groups in total. The molecule has 0 radical (unpaired) electrons. The Morgan fingerprint density at radius 3 is 2.23 bits per heavy atom. The molecule has 5 amide bonds. The van der Waals surface area contributed by atoms with Gasteiger partial charge in [-0.15, -0.1) is 0 Å². The summed E-state index contributed by atoms with van der Waals surface area (Å²) in [5.74, 6) is -2.68. The number of hydrogen-bond acceptors (Lipinski definition) is 8. The normalized spacial score (nSPS) is 18.9. The van der Waals surface area contributed by atoms with Crippen molar-refractivity contribution in [2.75, 3.05) is 19.7 Å². The van der Waals surface area contributed by atoms with E-state index in [1.165, 1.54) is 12.1 Å². The van der Waals surface area contributed by atoms with Gasteiger partial charge in [-0.1, -0.05) is 60.7 Å². The van der Waals surface area contributed by atoms with Gasteiger partial charge in [0.1, 0.15) is 29.6 Å². The number of pyridine rings is 1. The molecular formula is C39H42N6O7. The van der Waals surface area contributed by atoms with Gasteiger partial charge in [0.2, 0.25) is 23.6 Å². The van der Waals surface area contributed by atoms with Gasteiger partial charge in [0.25, 0.3) is 5.91 Å². The summed E-state index contributed by atoms with van der Waals surface area (Å²) in [6, 6.07) is 23.9. The van der Waals surface area contributed by atoms with Crippen molar-refractivity contribution < 1.29 is 33.8 Å². The number of para-hydroxylation sites is 1. The van der Waals surface area contributed by atoms with Gasteiger partial charge >= 0.3 is 0 Å². The molecule has 1 aliphatic rings. The summed E-state index contributed by atoms with van der Waals surface area (Å²) in [5.41, 5.74) is 2.35. The van der Waals surface area contributed by atoms with E-state index in [9.17, 15) is 29.1 Å². The number of aromatic hydroxyl groups is 1. The molecular weight excluding hydrogens is 664 g/mol. The van der Waals surface area contributed by atoms with Gasteiger partial charge in [0.05, 0.1) is 18.6 Å². The summed E-state index contributed by atoms with van der Waals surface area (Å²) < 4.78 is 5.90. The van der Waals surface area contributed by atoms with Crippen molar-refractivity contribution in [3.8, 4) is 11.5 Å². The average Bonchev–Trinajstić information content (AvgIpc) is 3.15. The summed E-state index contributed by atoms with van der Waals surface area (Å²) in [5, 5.41) is 23.7. The fourth-order valence-electron chi connectivity index (χ4n) is 5.64. The number of amides is 5. The summed E-state index contributed by atoms with van der Waals surface area (Å²) in [6.45, 7) is 0.581. The second kappa shape index (κ2) is 18.7. The van der Waals surface area contributed by atoms with E-state index >= 15 is 0 Å². The number of ether oxygens (including phenoxy) is 1. The van der Waals surface area contributed by atoms with Crippen molar-refractivity contribution in [3.63, 3.8) is 0 Å². The van der Waals surface area contributed by atoms with Gasteiger partial charge in [0, 0.05) is 44.2 Å². The second-order valence-electron chi connectivity index (χ2n) is 12.3. The molecule has 0 fully saturated rings. The summed E-state index contributed by atoms with van der Waals surface area (Å²) in [4.78, 5) is 72.5. The zero-order chi connectivity index (χ0) is 36.7. The molecule has 0 saturated carbocycles. The Labute approximate surface area is 301 Å². The van der Waals surface area contributed by atoms with Crippen LogP contribution >= 0.6 is 0 Å². The smallest absolute Gasteiger partial charge is 0.255 e. The second-order valence-corrected chi connectivity index (χ2v) is 12.3. The Morgan fingerprint density at radius 2 is 1.48 bits per heavy atom. The maximum Gasteiger partial charge on any atom is 0.255 e. The van der Waals surface area contributed by atoms with E-state index in [1.807, 2.05) is 42.5 Å². The number of carbonyl (C=O) groups excluding carboxylic acids is 5. The molecule has 0 aliphatic carbocycles. The van der Waals surface area contributed by atoms with Crippen LogP contribution in [-0.2, 0) is 38.4 Å². The van der Waals surface area contributed by atoms with E-state index in [4.69, 9.17) is 4.74 Å². The SMILES string of the molecule is O=C1C[C@@H](C(=O)NCCc2ccccn2)NC(=O)c2ccccc2OCCCNC(=O)[C@H](Cc2ccccc2)NC(=O)[C@H](Cc2ccc(O)cc2)N1. The van der Waals surface area contributed by atoms with Crippen molar-refractivity contribution in [1.29, 1.82) is 0 Å². The fraction of sp³-hybridized carbons (Fsp3) is 0.282. The van der Waals surface area contributed by atoms with Crippen molar-refractivity contribution >= 4 is 29.5 Å². The lowest BCUT2D eigenvalue weighted by Crippen LogP contribution is -2.56. The van der Waals surface area contributed by atoms with Crippen molar-refractivity contribution in [1.82, 2.24) is 31.6 Å². The van der Waals surface area contributed by atoms with Gasteiger partial charge in [0.15, 0.2) is 0 Å². The van der Waals surface area contributed by atoms with Crippen LogP contribution in [0.2, 0.25) is 0 Å². The van der Waals surface area contributed by atoms with Crippen LogP contribution in [0.3, 0.4) is 0 Å². The van der Waals surface area contributed by atoms with Crippen LogP contribution in [0.5, 0.6) is 11.5 Å². The number of nitrogens with one attached hydrogen (secondary N) is 5. The van der Waals surface area contributed by atoms with Crippen LogP contribution in [-0.4, -0.2) is 77.4 Å². The first-order valence-electron chi connectivity index (χ1n) is 17.1. The van der Waals surface area contributed by atoms with Crippen LogP contribution in [0.25, 0.3) is 0 Å². The molecule has 1 aromatic heterocycles. The third kappa shape index (κ3) is 11.1. The van der Waals surface area contributed by atoms with Crippen LogP contribution < -0.4 is 31.3 Å². The summed E-state index contributed by atoms with van der Waals surface area (Å²) >= 11 is 0. The first-order valence-corrected chi connectivity index (χ1v) is 17.1. The molecule has 13 nitrogen and oxygen atoms in total. The van der Waals surface area contributed by atoms with Gasteiger partial charge in [-0.3, -0.25) is 29.0 Å². The highest BCUT2D eigenvalue weighted by molar-refractivity contribution is 6.01. The van der Waals surface area contributed by atoms with E-state index < -0.39 is 54.1 Å². The number of fused-ring (bicyclic) bond motifs is 1. The van der Waals surface area contributed by atoms with Gasteiger partial charge < -0.3 is 36.4 Å². The zero-order valence-electron chi connectivity index (χ0n) is 28.5. The molecule has 4 aromatic rings. The Balaban J connectivity index is 1.42. The first-order chi connectivity index (χ1) is 25.2. The highest BCUT2D eigenvalue weighted by Gasteiger charge is 2.30. The van der Waals surface area contributed by atoms with Crippen LogP contribution in [0, 0.1) is 0 Å². The lowest BCUT2D eigenvalue weighted by atomic mass is 10.0. The first kappa shape index (κ1) is 37.0. The topological polar surface area (TPSA) is 188 Å². The lowest BCUT2D eigenvalue weighted by molar-refractivity contribution is -0.133. The minimum absolute atomic E-state index is 0.00947. The molecule has 0 saturated heterocycles. The predicted molar refractivity (Wildman–Crippen MR) is 192 cm³/mol. The van der Waals surface area contributed by atoms with Crippen LogP contribution in [0.4, 0.5) is 0 Å². The molecule has 3 aromatic carbocycles. The monoisotopic (exact) mass is 706 g/mol. The van der Waals surface area contributed by atoms with Crippen LogP contribution in [0.15, 0.2) is 103 Å². The minimum Gasteiger partial charge on any atom is -0.508 e. The molecule has 52 heavy (non-hydrogen) atoms. The number of aromatic nitrogens is 1. The maximum atomic E-state index is 13.9. The van der Waals surface area contributed by atoms with E-state index in [2.05, 4.69) is 31.6 Å². The molecule has 5 rings (SSSR count). The number of hydrogen-bond donors (Lipinski definition) is 6. The Morgan fingerprint density at radius 1 is 0.788 bits per heavy atom. The summed E-state index contributed by atoms with van der Waals surface area (Å²) in [6.07, 6.45) is 2.16. The third-order valence-electron chi connectivity index (χ3n) is 8.37. The van der Waals surface area contributed by atoms with E-state index in [0.29, 0.717) is 18.4 Å². The number of phenols is 1. The number of carbonyl (C=O) groups is 5. The van der Waals surface area contributed by atoms with Crippen molar-refractivity contribution in [2.45, 2.75) is 50.2 Å². The van der Waals surface area contributed by atoms with E-state index in [0.717, 1.165) is 11.3 Å². The maximum absolute atomic E-state index is 13.9. The number of benzene rings is 3. The molecule has 1 aliphatic heterocycles. The molecule has 3 atom stereocenters. The molecule has 0 unspecified atom stereocenters. The van der Waals surface area contributed by atoms with Crippen molar-refractivity contribution in [2.24, 2.45) is 0 Å². The molecule has 0 bridgehead atoms. The van der Waals surface area contributed by atoms with E-state index in [-0.39, 0.29) is 49.6 Å². The standard InChI is InChI=1S/C39H42N6O7/c46-29-16-14-27(15-17-29)24-32-39(51)45-31(23-26-9-2-1-3-10-26)37(49)41-20-8-22-52-34-13-5-4-12-30(34)36(48)44-33(25-35(47)43-32)38(50)42-21-18-28-11-6-7-19-40-28/h1-7,9-17,19,31-33,46H,8,18,20-25H2,(H,41,49)(H,42,50)(H,43,47)(H,44,48)(H,45,51)/t31-,32-,33-/m0/s1. The third-order valence-corrected chi connectivity index (χ3v) is 8.37. The zero-order valence-corrected chi connectivity index (χ0v) is 28.5.